The Kier molecular flexibility index (Phi) is 18.4. The van der Waals surface area contributed by atoms with Crippen LogP contribution in [0.4, 0.5) is 0 Å². The molecule has 0 saturated carbocycles. The molecule has 1 aliphatic heterocycles. The van der Waals surface area contributed by atoms with Gasteiger partial charge in [0, 0.05) is 64.3 Å². The zero-order chi connectivity index (χ0) is 48.1. The summed E-state index contributed by atoms with van der Waals surface area (Å²) in [6.07, 6.45) is 1.06. The van der Waals surface area contributed by atoms with E-state index >= 15 is 0 Å². The topological polar surface area (TPSA) is 262 Å². The van der Waals surface area contributed by atoms with E-state index in [1.54, 1.807) is 89.3 Å². The number of carboxylic acid groups (broad SMARTS) is 1. The average Bonchev–Trinajstić information content (AvgIpc) is 3.29. The van der Waals surface area contributed by atoms with Crippen LogP contribution in [0.5, 0.6) is 11.5 Å². The molecule has 66 heavy (non-hydrogen) atoms. The van der Waals surface area contributed by atoms with Crippen LogP contribution in [0.1, 0.15) is 60.6 Å². The van der Waals surface area contributed by atoms with Gasteiger partial charge in [0.05, 0.1) is 6.04 Å². The maximum Gasteiger partial charge on any atom is 0.341 e. The van der Waals surface area contributed by atoms with Gasteiger partial charge < -0.3 is 52.2 Å². The molecule has 4 aromatic rings. The zero-order valence-corrected chi connectivity index (χ0v) is 39.5. The predicted molar refractivity (Wildman–Crippen MR) is 256 cm³/mol. The molecule has 0 aromatic heterocycles. The molecule has 0 aliphatic carbocycles. The van der Waals surface area contributed by atoms with Crippen LogP contribution in [0.25, 0.3) is 22.3 Å². The Bertz CT molecular complexity index is 2420. The number of nitrogens with one attached hydrogen (secondary N) is 4. The summed E-state index contributed by atoms with van der Waals surface area (Å²) in [4.78, 5) is 95.7. The minimum atomic E-state index is -1.45. The third kappa shape index (κ3) is 13.5. The second kappa shape index (κ2) is 23.9. The second-order valence-corrected chi connectivity index (χ2v) is 17.2. The lowest BCUT2D eigenvalue weighted by Gasteiger charge is -2.33. The predicted octanol–water partition coefficient (Wildman–Crippen LogP) is 3.91. The van der Waals surface area contributed by atoms with E-state index < -0.39 is 72.3 Å². The fourth-order valence-electron chi connectivity index (χ4n) is 7.25. The first-order chi connectivity index (χ1) is 31.5. The maximum absolute atomic E-state index is 14.8. The SMILES string of the molecule is C[C@H](NC(=O)[C@@H]1Cc2ccc(OCC(=O)O)c(c2)-c2cc(ccc2OCCN)[C@H](N(C)C(=O)[C@H](CCCCN)NC(=O)c2ccc(-c3ccc(Cl)cc3)cc2)C(=O)N[C@@H](C)C(=O)N1)C(=O)I. The van der Waals surface area contributed by atoms with E-state index in [1.165, 1.54) is 31.9 Å². The number of rotatable bonds is 18. The highest BCUT2D eigenvalue weighted by molar-refractivity contribution is 14.1. The lowest BCUT2D eigenvalue weighted by Crippen LogP contribution is -2.56. The van der Waals surface area contributed by atoms with Gasteiger partial charge in [-0.3, -0.25) is 28.8 Å². The first kappa shape index (κ1) is 50.9. The highest BCUT2D eigenvalue weighted by Gasteiger charge is 2.36. The van der Waals surface area contributed by atoms with Gasteiger partial charge in [0.25, 0.3) is 5.91 Å². The molecule has 5 amide bonds. The van der Waals surface area contributed by atoms with Crippen LogP contribution in [0.2, 0.25) is 5.02 Å². The van der Waals surface area contributed by atoms with Crippen molar-refractivity contribution in [1.82, 2.24) is 26.2 Å². The highest BCUT2D eigenvalue weighted by atomic mass is 127. The molecule has 0 spiro atoms. The highest BCUT2D eigenvalue weighted by Crippen LogP contribution is 2.40. The molecule has 5 rings (SSSR count). The number of aliphatic carboxylic acids is 1. The summed E-state index contributed by atoms with van der Waals surface area (Å²) in [5.74, 6) is -4.29. The van der Waals surface area contributed by atoms with Gasteiger partial charge in [0.2, 0.25) is 27.4 Å². The van der Waals surface area contributed by atoms with E-state index in [-0.39, 0.29) is 58.0 Å². The van der Waals surface area contributed by atoms with Crippen molar-refractivity contribution in [3.8, 4) is 33.8 Å². The van der Waals surface area contributed by atoms with Gasteiger partial charge in [-0.1, -0.05) is 48.0 Å². The number of unbranched alkanes of at least 4 members (excludes halogenated alkanes) is 1. The Morgan fingerprint density at radius 2 is 1.48 bits per heavy atom. The summed E-state index contributed by atoms with van der Waals surface area (Å²) in [6.45, 7) is 2.71. The van der Waals surface area contributed by atoms with Crippen LogP contribution in [0, 0.1) is 0 Å². The standard InChI is InChI=1S/C47H53ClIN7O10/c1-26(42(49)59)52-45(62)37-23-28-7-17-39(66-25-40(57)58)34(22-28)35-24-32(14-18-38(35)65-21-20-51)41(46(63)53-27(2)43(60)55-37)56(3)47(64)36(6-4-5-19-50)54-44(61)31-10-8-29(9-11-31)30-12-15-33(48)16-13-30/h7-18,22,24,26-27,36-37,41H,4-6,19-21,23,25,50-51H2,1-3H3,(H,52,62)(H,53,63)(H,54,61)(H,55,60)(H,57,58)/t26-,27-,36-,37-,41-/m0/s1. The monoisotopic (exact) mass is 1040 g/mol. The lowest BCUT2D eigenvalue weighted by molar-refractivity contribution is -0.141. The van der Waals surface area contributed by atoms with E-state index in [4.69, 9.17) is 32.5 Å². The van der Waals surface area contributed by atoms with Crippen LogP contribution < -0.4 is 42.2 Å². The molecule has 9 N–H and O–H groups in total. The van der Waals surface area contributed by atoms with Gasteiger partial charge >= 0.3 is 5.97 Å². The number of carboxylic acids is 1. The molecule has 0 radical (unpaired) electrons. The number of benzene rings is 4. The molecular weight excluding hydrogens is 985 g/mol. The minimum absolute atomic E-state index is 0.0627. The number of ether oxygens (including phenoxy) is 2. The first-order valence-corrected chi connectivity index (χ1v) is 22.7. The number of hydrogen-bond acceptors (Lipinski definition) is 11. The Balaban J connectivity index is 1.60. The molecule has 350 valence electrons. The largest absolute Gasteiger partial charge is 0.492 e. The van der Waals surface area contributed by atoms with Crippen molar-refractivity contribution < 1.29 is 48.1 Å². The van der Waals surface area contributed by atoms with E-state index in [0.29, 0.717) is 35.5 Å². The summed E-state index contributed by atoms with van der Waals surface area (Å²) in [5, 5.41) is 21.0. The number of fused-ring (bicyclic) bond motifs is 5. The average molecular weight is 1040 g/mol. The van der Waals surface area contributed by atoms with Crippen LogP contribution in [-0.4, -0.2) is 107 Å². The van der Waals surface area contributed by atoms with E-state index in [0.717, 1.165) is 11.1 Å². The second-order valence-electron chi connectivity index (χ2n) is 15.7. The molecule has 0 saturated heterocycles. The van der Waals surface area contributed by atoms with Crippen molar-refractivity contribution in [2.45, 2.75) is 69.7 Å². The number of amides is 5. The maximum atomic E-state index is 14.8. The Labute approximate surface area is 400 Å². The molecule has 0 unspecified atom stereocenters. The molecule has 4 aromatic carbocycles. The lowest BCUT2D eigenvalue weighted by atomic mass is 9.93. The summed E-state index contributed by atoms with van der Waals surface area (Å²) in [6, 6.07) is 17.5. The van der Waals surface area contributed by atoms with Crippen molar-refractivity contribution in [3.05, 3.63) is 107 Å². The molecule has 1 aliphatic rings. The number of likely N-dealkylation sites (N-methyl/N-ethyl adjacent to an activating group) is 1. The third-order valence-corrected chi connectivity index (χ3v) is 11.9. The fourth-order valence-corrected chi connectivity index (χ4v) is 7.53. The van der Waals surface area contributed by atoms with Crippen molar-refractivity contribution in [2.24, 2.45) is 11.5 Å². The molecular formula is C47H53ClIN7O10. The molecule has 4 bridgehead atoms. The Morgan fingerprint density at radius 1 is 0.848 bits per heavy atom. The number of nitrogens with two attached hydrogens (primary N) is 2. The number of hydrogen-bond donors (Lipinski definition) is 7. The van der Waals surface area contributed by atoms with Crippen LogP contribution in [-0.2, 0) is 35.2 Å². The number of halogens is 2. The van der Waals surface area contributed by atoms with Crippen molar-refractivity contribution >= 4 is 73.5 Å². The number of carbonyl (C=O) groups is 7. The van der Waals surface area contributed by atoms with Gasteiger partial charge in [-0.05, 0) is 110 Å². The van der Waals surface area contributed by atoms with Gasteiger partial charge in [0.15, 0.2) is 6.61 Å². The van der Waals surface area contributed by atoms with Crippen LogP contribution in [0.3, 0.4) is 0 Å². The number of carbonyl (C=O) groups excluding carboxylic acids is 6. The minimum Gasteiger partial charge on any atom is -0.492 e. The Hall–Kier alpha value is -6.09. The molecule has 0 fully saturated rings. The summed E-state index contributed by atoms with van der Waals surface area (Å²) in [5.41, 5.74) is 15.0. The molecule has 17 nitrogen and oxygen atoms in total. The zero-order valence-electron chi connectivity index (χ0n) is 36.6. The van der Waals surface area contributed by atoms with Gasteiger partial charge in [-0.15, -0.1) is 0 Å². The summed E-state index contributed by atoms with van der Waals surface area (Å²) >= 11 is 7.62. The summed E-state index contributed by atoms with van der Waals surface area (Å²) < 4.78 is 11.5. The Morgan fingerprint density at radius 3 is 2.12 bits per heavy atom. The van der Waals surface area contributed by atoms with Gasteiger partial charge in [-0.2, -0.15) is 0 Å². The third-order valence-electron chi connectivity index (χ3n) is 10.8. The van der Waals surface area contributed by atoms with E-state index in [9.17, 15) is 38.7 Å². The van der Waals surface area contributed by atoms with E-state index in [2.05, 4.69) is 21.3 Å². The molecule has 1 heterocycles. The molecule has 19 heteroatoms. The van der Waals surface area contributed by atoms with E-state index in [1.807, 2.05) is 12.1 Å². The van der Waals surface area contributed by atoms with Crippen LogP contribution >= 0.6 is 34.2 Å². The van der Waals surface area contributed by atoms with Crippen molar-refractivity contribution in [1.29, 1.82) is 0 Å². The normalized spacial score (nSPS) is 16.9. The van der Waals surface area contributed by atoms with Gasteiger partial charge in [0.1, 0.15) is 42.3 Å². The molecule has 5 atom stereocenters. The fraction of sp³-hybridized carbons (Fsp3) is 0.340. The first-order valence-electron chi connectivity index (χ1n) is 21.2. The smallest absolute Gasteiger partial charge is 0.341 e. The summed E-state index contributed by atoms with van der Waals surface area (Å²) in [7, 11) is 1.40. The van der Waals surface area contributed by atoms with Crippen molar-refractivity contribution in [3.63, 3.8) is 0 Å². The quantitative estimate of drug-likeness (QED) is 0.0425. The van der Waals surface area contributed by atoms with Crippen LogP contribution in [0.15, 0.2) is 84.9 Å². The van der Waals surface area contributed by atoms with Crippen molar-refractivity contribution in [2.75, 3.05) is 33.4 Å². The number of nitrogens with zero attached hydrogens (tertiary/aromatic N) is 1. The van der Waals surface area contributed by atoms with Gasteiger partial charge in [-0.25, -0.2) is 4.79 Å².